The van der Waals surface area contributed by atoms with E-state index in [1.807, 2.05) is 13.0 Å². The summed E-state index contributed by atoms with van der Waals surface area (Å²) in [5.74, 6) is 0. The van der Waals surface area contributed by atoms with Crippen LogP contribution in [0.25, 0.3) is 0 Å². The molecule has 0 aliphatic heterocycles. The van der Waals surface area contributed by atoms with Crippen LogP contribution in [0.3, 0.4) is 0 Å². The van der Waals surface area contributed by atoms with Gasteiger partial charge < -0.3 is 5.73 Å². The van der Waals surface area contributed by atoms with E-state index in [0.29, 0.717) is 6.04 Å². The molecule has 0 amide bonds. The molecule has 3 heteroatoms. The molecule has 0 saturated heterocycles. The highest BCUT2D eigenvalue weighted by Crippen LogP contribution is 2.13. The smallest absolute Gasteiger partial charge is 0.0547 e. The Kier molecular flexibility index (Phi) is 8.47. The van der Waals surface area contributed by atoms with Crippen LogP contribution in [0.2, 0.25) is 0 Å². The average Bonchev–Trinajstić information content (AvgIpc) is 2.45. The average molecular weight is 277 g/mol. The summed E-state index contributed by atoms with van der Waals surface area (Å²) in [6, 6.07) is 6.73. The standard InChI is InChI=1S/C17H31N3/c1-4-6-7-8-12-17(13-18)20(5-2)14-16-11-9-10-15(3)19-16/h9-11,17H,4-8,12-14,18H2,1-3H3. The number of rotatable bonds is 10. The zero-order chi connectivity index (χ0) is 14.8. The highest BCUT2D eigenvalue weighted by atomic mass is 15.2. The van der Waals surface area contributed by atoms with Gasteiger partial charge in [0, 0.05) is 24.8 Å². The Morgan fingerprint density at radius 3 is 2.60 bits per heavy atom. The summed E-state index contributed by atoms with van der Waals surface area (Å²) in [6.45, 7) is 9.20. The van der Waals surface area contributed by atoms with E-state index in [-0.39, 0.29) is 0 Å². The summed E-state index contributed by atoms with van der Waals surface area (Å²) >= 11 is 0. The number of unbranched alkanes of at least 4 members (excludes halogenated alkanes) is 3. The molecule has 20 heavy (non-hydrogen) atoms. The molecular formula is C17H31N3. The van der Waals surface area contributed by atoms with Crippen molar-refractivity contribution in [1.29, 1.82) is 0 Å². The first-order valence-electron chi connectivity index (χ1n) is 8.07. The maximum atomic E-state index is 5.99. The summed E-state index contributed by atoms with van der Waals surface area (Å²) in [5.41, 5.74) is 8.23. The molecule has 0 bridgehead atoms. The maximum absolute atomic E-state index is 5.99. The molecular weight excluding hydrogens is 246 g/mol. The number of nitrogens with zero attached hydrogens (tertiary/aromatic N) is 2. The quantitative estimate of drug-likeness (QED) is 0.665. The Bertz CT molecular complexity index is 365. The molecule has 1 heterocycles. The third-order valence-electron chi connectivity index (χ3n) is 3.90. The van der Waals surface area contributed by atoms with Crippen molar-refractivity contribution in [2.45, 2.75) is 65.5 Å². The fourth-order valence-corrected chi connectivity index (χ4v) is 2.65. The lowest BCUT2D eigenvalue weighted by molar-refractivity contribution is 0.186. The summed E-state index contributed by atoms with van der Waals surface area (Å²) in [5, 5.41) is 0. The molecule has 0 radical (unpaired) electrons. The van der Waals surface area contributed by atoms with Crippen LogP contribution in [0.1, 0.15) is 57.3 Å². The number of likely N-dealkylation sites (N-methyl/N-ethyl adjacent to an activating group) is 1. The van der Waals surface area contributed by atoms with Crippen molar-refractivity contribution in [2.24, 2.45) is 5.73 Å². The third-order valence-corrected chi connectivity index (χ3v) is 3.90. The van der Waals surface area contributed by atoms with Gasteiger partial charge in [-0.1, -0.05) is 45.6 Å². The molecule has 0 spiro atoms. The normalized spacial score (nSPS) is 12.8. The molecule has 1 aromatic rings. The summed E-state index contributed by atoms with van der Waals surface area (Å²) in [4.78, 5) is 7.07. The summed E-state index contributed by atoms with van der Waals surface area (Å²) < 4.78 is 0. The lowest BCUT2D eigenvalue weighted by Crippen LogP contribution is -2.40. The van der Waals surface area contributed by atoms with E-state index in [2.05, 4.69) is 35.9 Å². The van der Waals surface area contributed by atoms with E-state index in [0.717, 1.165) is 31.0 Å². The molecule has 1 rings (SSSR count). The van der Waals surface area contributed by atoms with E-state index < -0.39 is 0 Å². The van der Waals surface area contributed by atoms with Crippen LogP contribution in [0, 0.1) is 6.92 Å². The van der Waals surface area contributed by atoms with Crippen molar-refractivity contribution in [3.05, 3.63) is 29.6 Å². The molecule has 1 atom stereocenters. The molecule has 0 aromatic carbocycles. The van der Waals surface area contributed by atoms with E-state index in [9.17, 15) is 0 Å². The van der Waals surface area contributed by atoms with Crippen LogP contribution in [-0.2, 0) is 6.54 Å². The first-order chi connectivity index (χ1) is 9.71. The van der Waals surface area contributed by atoms with Crippen LogP contribution in [0.5, 0.6) is 0 Å². The lowest BCUT2D eigenvalue weighted by Gasteiger charge is -2.29. The summed E-state index contributed by atoms with van der Waals surface area (Å²) in [6.07, 6.45) is 6.44. The third kappa shape index (κ3) is 6.02. The number of hydrogen-bond donors (Lipinski definition) is 1. The van der Waals surface area contributed by atoms with Gasteiger partial charge in [-0.05, 0) is 32.0 Å². The minimum absolute atomic E-state index is 0.485. The fourth-order valence-electron chi connectivity index (χ4n) is 2.65. The van der Waals surface area contributed by atoms with Crippen LogP contribution in [0.15, 0.2) is 18.2 Å². The Hall–Kier alpha value is -0.930. The minimum Gasteiger partial charge on any atom is -0.329 e. The SMILES string of the molecule is CCCCCCC(CN)N(CC)Cc1cccc(C)n1. The number of aromatic nitrogens is 1. The van der Waals surface area contributed by atoms with Gasteiger partial charge in [-0.15, -0.1) is 0 Å². The van der Waals surface area contributed by atoms with Crippen molar-refractivity contribution in [3.8, 4) is 0 Å². The first-order valence-corrected chi connectivity index (χ1v) is 8.07. The molecule has 114 valence electrons. The van der Waals surface area contributed by atoms with Gasteiger partial charge in [0.25, 0.3) is 0 Å². The number of hydrogen-bond acceptors (Lipinski definition) is 3. The van der Waals surface area contributed by atoms with E-state index >= 15 is 0 Å². The molecule has 1 aromatic heterocycles. The predicted molar refractivity (Wildman–Crippen MR) is 86.7 cm³/mol. The minimum atomic E-state index is 0.485. The number of nitrogens with two attached hydrogens (primary N) is 1. The molecule has 0 aliphatic carbocycles. The highest BCUT2D eigenvalue weighted by molar-refractivity contribution is 5.09. The van der Waals surface area contributed by atoms with Crippen molar-refractivity contribution < 1.29 is 0 Å². The topological polar surface area (TPSA) is 42.1 Å². The maximum Gasteiger partial charge on any atom is 0.0547 e. The van der Waals surface area contributed by atoms with Gasteiger partial charge in [0.05, 0.1) is 5.69 Å². The van der Waals surface area contributed by atoms with E-state index in [1.54, 1.807) is 0 Å². The van der Waals surface area contributed by atoms with Crippen LogP contribution in [0.4, 0.5) is 0 Å². The highest BCUT2D eigenvalue weighted by Gasteiger charge is 2.16. The second-order valence-electron chi connectivity index (χ2n) is 5.57. The monoisotopic (exact) mass is 277 g/mol. The zero-order valence-corrected chi connectivity index (χ0v) is 13.4. The van der Waals surface area contributed by atoms with E-state index in [4.69, 9.17) is 5.73 Å². The fraction of sp³-hybridized carbons (Fsp3) is 0.706. The number of aryl methyl sites for hydroxylation is 1. The van der Waals surface area contributed by atoms with Crippen molar-refractivity contribution in [3.63, 3.8) is 0 Å². The van der Waals surface area contributed by atoms with E-state index in [1.165, 1.54) is 32.1 Å². The van der Waals surface area contributed by atoms with Crippen LogP contribution in [-0.4, -0.2) is 29.0 Å². The van der Waals surface area contributed by atoms with Gasteiger partial charge in [-0.3, -0.25) is 9.88 Å². The molecule has 0 aliphatic rings. The Morgan fingerprint density at radius 2 is 2.00 bits per heavy atom. The van der Waals surface area contributed by atoms with Gasteiger partial charge in [-0.25, -0.2) is 0 Å². The van der Waals surface area contributed by atoms with Gasteiger partial charge in [0.2, 0.25) is 0 Å². The van der Waals surface area contributed by atoms with Crippen molar-refractivity contribution in [1.82, 2.24) is 9.88 Å². The van der Waals surface area contributed by atoms with Gasteiger partial charge in [0.1, 0.15) is 0 Å². The lowest BCUT2D eigenvalue weighted by atomic mass is 10.1. The van der Waals surface area contributed by atoms with Crippen LogP contribution >= 0.6 is 0 Å². The Labute approximate surface area is 124 Å². The summed E-state index contributed by atoms with van der Waals surface area (Å²) in [7, 11) is 0. The van der Waals surface area contributed by atoms with Crippen LogP contribution < -0.4 is 5.73 Å². The number of pyridine rings is 1. The molecule has 1 unspecified atom stereocenters. The molecule has 0 fully saturated rings. The van der Waals surface area contributed by atoms with Crippen molar-refractivity contribution in [2.75, 3.05) is 13.1 Å². The Balaban J connectivity index is 2.53. The molecule has 3 nitrogen and oxygen atoms in total. The molecule has 0 saturated carbocycles. The van der Waals surface area contributed by atoms with Gasteiger partial charge in [0.15, 0.2) is 0 Å². The largest absolute Gasteiger partial charge is 0.329 e. The zero-order valence-electron chi connectivity index (χ0n) is 13.4. The molecule has 2 N–H and O–H groups in total. The second-order valence-corrected chi connectivity index (χ2v) is 5.57. The van der Waals surface area contributed by atoms with Gasteiger partial charge in [-0.2, -0.15) is 0 Å². The Morgan fingerprint density at radius 1 is 1.20 bits per heavy atom. The first kappa shape index (κ1) is 17.1. The predicted octanol–water partition coefficient (Wildman–Crippen LogP) is 3.51. The van der Waals surface area contributed by atoms with Gasteiger partial charge >= 0.3 is 0 Å². The second kappa shape index (κ2) is 9.89. The van der Waals surface area contributed by atoms with Crippen molar-refractivity contribution >= 4 is 0 Å².